The lowest BCUT2D eigenvalue weighted by atomic mass is 10.3. The standard InChI is InChI=1S/C18H20N7/c1-2-17-10-20-4-6-22(12-20)14-24-8-9-25(16-24)15-23-7-5-21(13-23)11-18(3-1)19-17/h1-9,12-13,16H,10-11,14-15H2/q+3. The van der Waals surface area contributed by atoms with E-state index in [1.54, 1.807) is 0 Å². The minimum absolute atomic E-state index is 0.776. The summed E-state index contributed by atoms with van der Waals surface area (Å²) >= 11 is 0. The number of imidazole rings is 3. The molecular formula is C18H20N7+3. The fourth-order valence-electron chi connectivity index (χ4n) is 3.29. The molecule has 7 nitrogen and oxygen atoms in total. The molecule has 0 radical (unpaired) electrons. The van der Waals surface area contributed by atoms with Gasteiger partial charge in [0.2, 0.25) is 32.3 Å². The molecule has 1 aliphatic heterocycles. The summed E-state index contributed by atoms with van der Waals surface area (Å²) in [5, 5.41) is 0. The van der Waals surface area contributed by atoms with Crippen LogP contribution < -0.4 is 13.7 Å². The highest BCUT2D eigenvalue weighted by molar-refractivity contribution is 5.12. The van der Waals surface area contributed by atoms with Crippen molar-refractivity contribution in [2.45, 2.75) is 26.4 Å². The average Bonchev–Trinajstić information content (AvgIpc) is 3.31. The van der Waals surface area contributed by atoms with Crippen LogP contribution in [-0.4, -0.2) is 18.7 Å². The molecule has 0 fully saturated rings. The number of aromatic nitrogens is 7. The van der Waals surface area contributed by atoms with Gasteiger partial charge in [0.25, 0.3) is 0 Å². The lowest BCUT2D eigenvalue weighted by Gasteiger charge is -2.01. The highest BCUT2D eigenvalue weighted by atomic mass is 15.3. The van der Waals surface area contributed by atoms with Crippen LogP contribution in [0, 0.1) is 0 Å². The van der Waals surface area contributed by atoms with Gasteiger partial charge in [-0.25, -0.2) is 14.1 Å². The third kappa shape index (κ3) is 2.96. The van der Waals surface area contributed by atoms with E-state index >= 15 is 0 Å². The molecule has 1 aliphatic rings. The highest BCUT2D eigenvalue weighted by Gasteiger charge is 2.14. The van der Waals surface area contributed by atoms with Crippen LogP contribution >= 0.6 is 0 Å². The Kier molecular flexibility index (Phi) is 3.22. The summed E-state index contributed by atoms with van der Waals surface area (Å²) in [5.74, 6) is 0. The van der Waals surface area contributed by atoms with E-state index in [0.717, 1.165) is 37.8 Å². The van der Waals surface area contributed by atoms with Crippen LogP contribution in [0.5, 0.6) is 0 Å². The highest BCUT2D eigenvalue weighted by Crippen LogP contribution is 2.04. The maximum Gasteiger partial charge on any atom is 0.250 e. The Morgan fingerprint density at radius 1 is 0.720 bits per heavy atom. The fourth-order valence-corrected chi connectivity index (χ4v) is 3.29. The zero-order chi connectivity index (χ0) is 16.6. The van der Waals surface area contributed by atoms with E-state index in [2.05, 4.69) is 102 Å². The third-order valence-electron chi connectivity index (χ3n) is 4.45. The lowest BCUT2D eigenvalue weighted by molar-refractivity contribution is -0.913. The molecule has 4 aromatic heterocycles. The van der Waals surface area contributed by atoms with E-state index in [4.69, 9.17) is 4.98 Å². The molecule has 0 aliphatic carbocycles. The van der Waals surface area contributed by atoms with Crippen LogP contribution in [0.4, 0.5) is 0 Å². The molecule has 0 unspecified atom stereocenters. The van der Waals surface area contributed by atoms with Crippen LogP contribution in [0.1, 0.15) is 11.4 Å². The maximum atomic E-state index is 4.81. The first-order chi connectivity index (χ1) is 12.3. The Bertz CT molecular complexity index is 947. The Morgan fingerprint density at radius 2 is 1.28 bits per heavy atom. The number of hydrogen-bond acceptors (Lipinski definition) is 1. The van der Waals surface area contributed by atoms with Gasteiger partial charge in [-0.15, -0.1) is 0 Å². The first-order valence-electron chi connectivity index (χ1n) is 8.39. The lowest BCUT2D eigenvalue weighted by Crippen LogP contribution is -2.49. The monoisotopic (exact) mass is 334 g/mol. The summed E-state index contributed by atoms with van der Waals surface area (Å²) in [4.78, 5) is 4.81. The van der Waals surface area contributed by atoms with Gasteiger partial charge in [-0.3, -0.25) is 0 Å². The number of hydrogen-bond donors (Lipinski definition) is 0. The number of pyridine rings is 1. The fraction of sp³-hybridized carbons (Fsp3) is 0.222. The number of nitrogens with zero attached hydrogens (tertiary/aromatic N) is 7. The third-order valence-corrected chi connectivity index (χ3v) is 4.45. The molecule has 0 saturated carbocycles. The van der Waals surface area contributed by atoms with Crippen LogP contribution in [0.3, 0.4) is 0 Å². The smallest absolute Gasteiger partial charge is 0.250 e. The summed E-state index contributed by atoms with van der Waals surface area (Å²) in [5.41, 5.74) is 2.15. The van der Waals surface area contributed by atoms with Gasteiger partial charge in [0, 0.05) is 0 Å². The molecule has 4 aromatic rings. The van der Waals surface area contributed by atoms with Gasteiger partial charge >= 0.3 is 0 Å². The minimum atomic E-state index is 0.776. The summed E-state index contributed by atoms with van der Waals surface area (Å²) in [7, 11) is 0. The molecule has 0 saturated heterocycles. The molecule has 0 spiro atoms. The van der Waals surface area contributed by atoms with Crippen LogP contribution in [0.2, 0.25) is 0 Å². The second-order valence-corrected chi connectivity index (χ2v) is 6.55. The zero-order valence-electron chi connectivity index (χ0n) is 13.9. The van der Waals surface area contributed by atoms with Gasteiger partial charge in [-0.1, -0.05) is 6.07 Å². The van der Waals surface area contributed by atoms with E-state index in [1.807, 2.05) is 0 Å². The average molecular weight is 334 g/mol. The van der Waals surface area contributed by atoms with Crippen molar-refractivity contribution in [3.8, 4) is 0 Å². The second-order valence-electron chi connectivity index (χ2n) is 6.55. The van der Waals surface area contributed by atoms with Crippen molar-refractivity contribution in [2.24, 2.45) is 0 Å². The van der Waals surface area contributed by atoms with Crippen molar-refractivity contribution in [1.29, 1.82) is 0 Å². The van der Waals surface area contributed by atoms with Crippen LogP contribution in [0.25, 0.3) is 0 Å². The van der Waals surface area contributed by atoms with Gasteiger partial charge < -0.3 is 0 Å². The van der Waals surface area contributed by atoms with Gasteiger partial charge in [-0.05, 0) is 12.1 Å². The largest absolute Gasteiger partial charge is 0.250 e. The van der Waals surface area contributed by atoms with Crippen molar-refractivity contribution in [3.05, 3.63) is 85.7 Å². The van der Waals surface area contributed by atoms with E-state index in [1.165, 1.54) is 0 Å². The Morgan fingerprint density at radius 3 is 2.00 bits per heavy atom. The molecule has 8 bridgehead atoms. The van der Waals surface area contributed by atoms with Gasteiger partial charge in [0.1, 0.15) is 50.3 Å². The summed E-state index contributed by atoms with van der Waals surface area (Å²) in [6, 6.07) is 6.26. The molecular weight excluding hydrogens is 314 g/mol. The first kappa shape index (κ1) is 14.2. The van der Waals surface area contributed by atoms with Crippen molar-refractivity contribution in [1.82, 2.24) is 18.7 Å². The summed E-state index contributed by atoms with van der Waals surface area (Å²) < 4.78 is 13.0. The molecule has 5 rings (SSSR count). The van der Waals surface area contributed by atoms with Crippen LogP contribution in [0.15, 0.2) is 74.4 Å². The van der Waals surface area contributed by atoms with Crippen molar-refractivity contribution in [3.63, 3.8) is 0 Å². The van der Waals surface area contributed by atoms with E-state index < -0.39 is 0 Å². The Labute approximate surface area is 145 Å². The molecule has 0 aromatic carbocycles. The molecule has 5 heterocycles. The van der Waals surface area contributed by atoms with Crippen LogP contribution in [-0.2, 0) is 26.4 Å². The number of fused-ring (bicyclic) bond motifs is 8. The predicted molar refractivity (Wildman–Crippen MR) is 87.1 cm³/mol. The topological polar surface area (TPSA) is 39.3 Å². The molecule has 0 amide bonds. The molecule has 0 N–H and O–H groups in total. The minimum Gasteiger partial charge on any atom is -0.250 e. The summed E-state index contributed by atoms with van der Waals surface area (Å²) in [6.45, 7) is 3.13. The number of rotatable bonds is 0. The Hall–Kier alpha value is -3.22. The van der Waals surface area contributed by atoms with Crippen molar-refractivity contribution < 1.29 is 13.7 Å². The maximum absolute atomic E-state index is 4.81. The van der Waals surface area contributed by atoms with Gasteiger partial charge in [0.05, 0.1) is 11.4 Å². The quantitative estimate of drug-likeness (QED) is 0.361. The SMILES string of the molecule is c1cc2nc(c1)Cn1cc[n+](c1)C[n+]1ccn(c1)C[n+]1ccn(c1)C2. The zero-order valence-corrected chi connectivity index (χ0v) is 13.9. The Balaban J connectivity index is 1.55. The van der Waals surface area contributed by atoms with Gasteiger partial charge in [0.15, 0.2) is 0 Å². The second kappa shape index (κ2) is 5.70. The predicted octanol–water partition coefficient (Wildman–Crippen LogP) is -0.230. The molecule has 25 heavy (non-hydrogen) atoms. The normalized spacial score (nSPS) is 13.8. The van der Waals surface area contributed by atoms with E-state index in [0.29, 0.717) is 0 Å². The van der Waals surface area contributed by atoms with Crippen molar-refractivity contribution >= 4 is 0 Å². The van der Waals surface area contributed by atoms with E-state index in [-0.39, 0.29) is 0 Å². The van der Waals surface area contributed by atoms with E-state index in [9.17, 15) is 0 Å². The van der Waals surface area contributed by atoms with Gasteiger partial charge in [-0.2, -0.15) is 18.3 Å². The molecule has 0 atom stereocenters. The molecule has 124 valence electrons. The first-order valence-corrected chi connectivity index (χ1v) is 8.39. The molecule has 7 heteroatoms. The van der Waals surface area contributed by atoms with Crippen molar-refractivity contribution in [2.75, 3.05) is 0 Å². The summed E-state index contributed by atoms with van der Waals surface area (Å²) in [6.07, 6.45) is 19.0.